The molecule has 1 N–H and O–H groups in total. The molecule has 2 unspecified atom stereocenters. The van der Waals surface area contributed by atoms with Crippen molar-refractivity contribution in [2.75, 3.05) is 21.3 Å². The lowest BCUT2D eigenvalue weighted by atomic mass is 9.79. The summed E-state index contributed by atoms with van der Waals surface area (Å²) in [6.07, 6.45) is 3.29. The zero-order chi connectivity index (χ0) is 23.5. The van der Waals surface area contributed by atoms with Gasteiger partial charge in [0.15, 0.2) is 11.5 Å². The Labute approximate surface area is 191 Å². The van der Waals surface area contributed by atoms with Crippen LogP contribution in [0.2, 0.25) is 0 Å². The summed E-state index contributed by atoms with van der Waals surface area (Å²) in [4.78, 5) is 32.6. The molecule has 1 aliphatic rings. The van der Waals surface area contributed by atoms with E-state index in [4.69, 9.17) is 9.47 Å². The maximum Gasteiger partial charge on any atom is 0.254 e. The first-order valence-electron chi connectivity index (χ1n) is 10.4. The number of halogens is 1. The molecule has 0 bridgehead atoms. The van der Waals surface area contributed by atoms with E-state index in [0.717, 1.165) is 11.1 Å². The lowest BCUT2D eigenvalue weighted by Crippen LogP contribution is -2.45. The first-order chi connectivity index (χ1) is 15.9. The minimum absolute atomic E-state index is 0.218. The third kappa shape index (κ3) is 4.24. The van der Waals surface area contributed by atoms with Crippen LogP contribution in [0.15, 0.2) is 60.9 Å². The van der Waals surface area contributed by atoms with E-state index >= 15 is 0 Å². The van der Waals surface area contributed by atoms with Gasteiger partial charge in [0.25, 0.3) is 5.91 Å². The van der Waals surface area contributed by atoms with Crippen molar-refractivity contribution in [1.29, 1.82) is 0 Å². The smallest absolute Gasteiger partial charge is 0.254 e. The fourth-order valence-corrected chi connectivity index (χ4v) is 4.20. The molecule has 0 radical (unpaired) electrons. The molecule has 2 heterocycles. The molecule has 4 rings (SSSR count). The summed E-state index contributed by atoms with van der Waals surface area (Å²) in [5.41, 5.74) is 2.41. The second-order valence-corrected chi connectivity index (χ2v) is 7.76. The second kappa shape index (κ2) is 9.28. The third-order valence-corrected chi connectivity index (χ3v) is 5.86. The molecule has 8 heteroatoms. The summed E-state index contributed by atoms with van der Waals surface area (Å²) in [6.45, 7) is 0.218. The number of carbonyl (C=O) groups excluding carboxylic acids is 2. The zero-order valence-corrected chi connectivity index (χ0v) is 18.5. The van der Waals surface area contributed by atoms with E-state index in [-0.39, 0.29) is 24.2 Å². The molecule has 0 fully saturated rings. The van der Waals surface area contributed by atoms with Crippen LogP contribution in [0.3, 0.4) is 0 Å². The molecule has 1 aliphatic heterocycles. The van der Waals surface area contributed by atoms with E-state index in [9.17, 15) is 14.0 Å². The molecule has 0 saturated carbocycles. The van der Waals surface area contributed by atoms with Gasteiger partial charge in [-0.3, -0.25) is 14.6 Å². The molecule has 33 heavy (non-hydrogen) atoms. The molecule has 1 aromatic heterocycles. The van der Waals surface area contributed by atoms with Gasteiger partial charge in [-0.25, -0.2) is 4.39 Å². The van der Waals surface area contributed by atoms with Crippen LogP contribution in [-0.2, 0) is 11.3 Å². The van der Waals surface area contributed by atoms with Crippen molar-refractivity contribution in [2.45, 2.75) is 18.5 Å². The van der Waals surface area contributed by atoms with Gasteiger partial charge in [-0.1, -0.05) is 18.2 Å². The number of rotatable bonds is 6. The summed E-state index contributed by atoms with van der Waals surface area (Å²) in [6, 6.07) is 12.2. The van der Waals surface area contributed by atoms with Crippen molar-refractivity contribution in [3.8, 4) is 11.5 Å². The number of benzene rings is 2. The summed E-state index contributed by atoms with van der Waals surface area (Å²) in [5, 5.41) is 2.94. The van der Waals surface area contributed by atoms with Crippen molar-refractivity contribution in [1.82, 2.24) is 15.2 Å². The average Bonchev–Trinajstić information content (AvgIpc) is 2.85. The van der Waals surface area contributed by atoms with Gasteiger partial charge in [0.1, 0.15) is 5.82 Å². The number of nitrogens with zero attached hydrogens (tertiary/aromatic N) is 2. The van der Waals surface area contributed by atoms with E-state index in [2.05, 4.69) is 10.3 Å². The summed E-state index contributed by atoms with van der Waals surface area (Å²) in [5.74, 6) is -0.752. The Morgan fingerprint density at radius 1 is 1.12 bits per heavy atom. The number of hydrogen-bond donors (Lipinski definition) is 1. The Kier molecular flexibility index (Phi) is 6.26. The molecule has 0 aliphatic carbocycles. The van der Waals surface area contributed by atoms with Crippen LogP contribution in [0.4, 0.5) is 4.39 Å². The van der Waals surface area contributed by atoms with Crippen LogP contribution in [0.25, 0.3) is 0 Å². The van der Waals surface area contributed by atoms with Gasteiger partial charge in [0.05, 0.1) is 26.2 Å². The summed E-state index contributed by atoms with van der Waals surface area (Å²) in [7, 11) is 4.66. The number of ether oxygens (including phenoxy) is 2. The number of carbonyl (C=O) groups is 2. The summed E-state index contributed by atoms with van der Waals surface area (Å²) >= 11 is 0. The second-order valence-electron chi connectivity index (χ2n) is 7.76. The number of methoxy groups -OCH3 is 2. The molecule has 170 valence electrons. The van der Waals surface area contributed by atoms with E-state index in [0.29, 0.717) is 22.6 Å². The molecule has 7 nitrogen and oxygen atoms in total. The predicted octanol–water partition coefficient (Wildman–Crippen LogP) is 3.46. The standard InChI is InChI=1S/C25H24FN3O4/c1-29-23(16-5-4-10-27-14-16)22(24(30)28-13-15-6-8-17(26)9-7-15)18-11-20(32-2)21(33-3)12-19(18)25(29)31/h4-12,14,22-23H,13H2,1-3H3,(H,28,30). The van der Waals surface area contributed by atoms with Crippen molar-refractivity contribution in [3.05, 3.63) is 89.0 Å². The monoisotopic (exact) mass is 449 g/mol. The fraction of sp³-hybridized carbons (Fsp3) is 0.240. The number of hydrogen-bond acceptors (Lipinski definition) is 5. The highest BCUT2D eigenvalue weighted by Gasteiger charge is 2.43. The van der Waals surface area contributed by atoms with Gasteiger partial charge in [-0.15, -0.1) is 0 Å². The van der Waals surface area contributed by atoms with Gasteiger partial charge in [0, 0.05) is 31.5 Å². The number of likely N-dealkylation sites (N-methyl/N-ethyl adjacent to an activating group) is 1. The highest BCUT2D eigenvalue weighted by atomic mass is 19.1. The van der Waals surface area contributed by atoms with E-state index in [1.54, 1.807) is 54.7 Å². The van der Waals surface area contributed by atoms with Gasteiger partial charge in [-0.2, -0.15) is 0 Å². The van der Waals surface area contributed by atoms with Crippen LogP contribution in [0.1, 0.15) is 39.0 Å². The van der Waals surface area contributed by atoms with E-state index in [1.807, 2.05) is 6.07 Å². The maximum absolute atomic E-state index is 13.6. The lowest BCUT2D eigenvalue weighted by molar-refractivity contribution is -0.124. The van der Waals surface area contributed by atoms with Crippen LogP contribution in [-0.4, -0.2) is 43.0 Å². The quantitative estimate of drug-likeness (QED) is 0.623. The SMILES string of the molecule is COc1cc2c(cc1OC)C(C(=O)NCc1ccc(F)cc1)C(c1cccnc1)N(C)C2=O. The lowest BCUT2D eigenvalue weighted by Gasteiger charge is -2.40. The topological polar surface area (TPSA) is 80.8 Å². The van der Waals surface area contributed by atoms with Gasteiger partial charge in [-0.05, 0) is 47.0 Å². The predicted molar refractivity (Wildman–Crippen MR) is 120 cm³/mol. The molecular weight excluding hydrogens is 425 g/mol. The van der Waals surface area contributed by atoms with E-state index in [1.165, 1.54) is 26.4 Å². The van der Waals surface area contributed by atoms with E-state index < -0.39 is 12.0 Å². The number of fused-ring (bicyclic) bond motifs is 1. The molecule has 0 spiro atoms. The Morgan fingerprint density at radius 3 is 2.45 bits per heavy atom. The van der Waals surface area contributed by atoms with Crippen molar-refractivity contribution in [2.24, 2.45) is 0 Å². The molecular formula is C25H24FN3O4. The average molecular weight is 449 g/mol. The molecule has 2 amide bonds. The van der Waals surface area contributed by atoms with Crippen molar-refractivity contribution in [3.63, 3.8) is 0 Å². The highest BCUT2D eigenvalue weighted by Crippen LogP contribution is 2.45. The van der Waals surface area contributed by atoms with Gasteiger partial charge in [0.2, 0.25) is 5.91 Å². The van der Waals surface area contributed by atoms with Crippen LogP contribution in [0.5, 0.6) is 11.5 Å². The number of amides is 2. The van der Waals surface area contributed by atoms with Crippen LogP contribution in [0, 0.1) is 5.82 Å². The Bertz CT molecular complexity index is 1170. The minimum atomic E-state index is -0.729. The molecule has 3 aromatic rings. The Balaban J connectivity index is 1.78. The Morgan fingerprint density at radius 2 is 1.82 bits per heavy atom. The van der Waals surface area contributed by atoms with Crippen molar-refractivity contribution >= 4 is 11.8 Å². The molecule has 2 aromatic carbocycles. The zero-order valence-electron chi connectivity index (χ0n) is 18.5. The first-order valence-corrected chi connectivity index (χ1v) is 10.4. The number of aromatic nitrogens is 1. The van der Waals surface area contributed by atoms with Gasteiger partial charge < -0.3 is 19.7 Å². The molecule has 2 atom stereocenters. The number of pyridine rings is 1. The fourth-order valence-electron chi connectivity index (χ4n) is 4.20. The molecule has 0 saturated heterocycles. The van der Waals surface area contributed by atoms with Gasteiger partial charge >= 0.3 is 0 Å². The summed E-state index contributed by atoms with van der Waals surface area (Å²) < 4.78 is 24.1. The first kappa shape index (κ1) is 22.3. The largest absolute Gasteiger partial charge is 0.493 e. The van der Waals surface area contributed by atoms with Crippen molar-refractivity contribution < 1.29 is 23.5 Å². The van der Waals surface area contributed by atoms with Crippen LogP contribution < -0.4 is 14.8 Å². The minimum Gasteiger partial charge on any atom is -0.493 e. The third-order valence-electron chi connectivity index (χ3n) is 5.86. The number of nitrogens with one attached hydrogen (secondary N) is 1. The van der Waals surface area contributed by atoms with Crippen LogP contribution >= 0.6 is 0 Å². The highest BCUT2D eigenvalue weighted by molar-refractivity contribution is 6.02. The Hall–Kier alpha value is -3.94. The maximum atomic E-state index is 13.6. The normalized spacial score (nSPS) is 17.3.